The Morgan fingerprint density at radius 2 is 1.64 bits per heavy atom. The molecule has 3 aromatic carbocycles. The van der Waals surface area contributed by atoms with E-state index >= 15 is 0 Å². The van der Waals surface area contributed by atoms with E-state index in [0.717, 1.165) is 5.56 Å². The third kappa shape index (κ3) is 4.60. The summed E-state index contributed by atoms with van der Waals surface area (Å²) in [5.74, 6) is -0.953. The minimum atomic E-state index is -1.06. The first-order valence-electron chi connectivity index (χ1n) is 10.1. The smallest absolute Gasteiger partial charge is 0.333 e. The maximum atomic E-state index is 14.0. The average molecular weight is 499 g/mol. The molecular formula is C25H20Cl2N2O3S. The summed E-state index contributed by atoms with van der Waals surface area (Å²) in [6, 6.07) is 17.4. The highest BCUT2D eigenvalue weighted by molar-refractivity contribution is 7.80. The number of nitrogens with one attached hydrogen (secondary N) is 1. The van der Waals surface area contributed by atoms with Gasteiger partial charge < -0.3 is 15.0 Å². The monoisotopic (exact) mass is 498 g/mol. The zero-order valence-electron chi connectivity index (χ0n) is 17.8. The Labute approximate surface area is 207 Å². The number of hydrogen-bond donors (Lipinski definition) is 1. The highest BCUT2D eigenvalue weighted by atomic mass is 35.5. The second-order valence-corrected chi connectivity index (χ2v) is 8.99. The highest BCUT2D eigenvalue weighted by Crippen LogP contribution is 2.39. The summed E-state index contributed by atoms with van der Waals surface area (Å²) < 4.78 is 5.13. The molecule has 168 valence electrons. The van der Waals surface area contributed by atoms with Crippen molar-refractivity contribution in [1.29, 1.82) is 0 Å². The number of halogens is 2. The van der Waals surface area contributed by atoms with Crippen molar-refractivity contribution in [3.8, 4) is 0 Å². The lowest BCUT2D eigenvalue weighted by atomic mass is 9.98. The molecule has 0 bridgehead atoms. The van der Waals surface area contributed by atoms with E-state index in [0.29, 0.717) is 37.4 Å². The molecule has 1 aliphatic rings. The Morgan fingerprint density at radius 3 is 2.24 bits per heavy atom. The van der Waals surface area contributed by atoms with Crippen LogP contribution in [-0.2, 0) is 9.53 Å². The summed E-state index contributed by atoms with van der Waals surface area (Å²) in [5.41, 5.74) is 3.22. The van der Waals surface area contributed by atoms with Crippen molar-refractivity contribution < 1.29 is 14.3 Å². The van der Waals surface area contributed by atoms with Gasteiger partial charge in [0, 0.05) is 10.0 Å². The van der Waals surface area contributed by atoms with Crippen LogP contribution in [-0.4, -0.2) is 28.9 Å². The molecule has 0 fully saturated rings. The third-order valence-electron chi connectivity index (χ3n) is 5.50. The minimum Gasteiger partial charge on any atom is -0.467 e. The number of aryl methyl sites for hydroxylation is 1. The van der Waals surface area contributed by atoms with Crippen LogP contribution in [0.25, 0.3) is 0 Å². The largest absolute Gasteiger partial charge is 0.467 e. The summed E-state index contributed by atoms with van der Waals surface area (Å²) in [6.45, 7) is 1.93. The molecule has 0 saturated heterocycles. The minimum absolute atomic E-state index is 0.359. The van der Waals surface area contributed by atoms with Gasteiger partial charge in [0.15, 0.2) is 6.04 Å². The van der Waals surface area contributed by atoms with Crippen molar-refractivity contribution in [2.24, 2.45) is 0 Å². The molecule has 33 heavy (non-hydrogen) atoms. The molecule has 0 spiro atoms. The zero-order chi connectivity index (χ0) is 23.7. The second-order valence-electron chi connectivity index (χ2n) is 7.68. The van der Waals surface area contributed by atoms with Crippen molar-refractivity contribution in [2.45, 2.75) is 19.0 Å². The first-order chi connectivity index (χ1) is 15.8. The summed E-state index contributed by atoms with van der Waals surface area (Å²) in [5, 5.41) is 4.28. The number of fused-ring (bicyclic) bond motifs is 1. The highest BCUT2D eigenvalue weighted by Gasteiger charge is 2.42. The molecule has 4 rings (SSSR count). The summed E-state index contributed by atoms with van der Waals surface area (Å²) in [4.78, 5) is 29.0. The maximum Gasteiger partial charge on any atom is 0.333 e. The van der Waals surface area contributed by atoms with Gasteiger partial charge in [0.25, 0.3) is 5.91 Å². The van der Waals surface area contributed by atoms with Gasteiger partial charge in [0.05, 0.1) is 18.4 Å². The van der Waals surface area contributed by atoms with E-state index < -0.39 is 18.1 Å². The number of hydrogen-bond acceptors (Lipinski definition) is 4. The Kier molecular flexibility index (Phi) is 6.70. The van der Waals surface area contributed by atoms with Crippen LogP contribution in [0.1, 0.15) is 39.1 Å². The Balaban J connectivity index is 1.96. The van der Waals surface area contributed by atoms with Crippen LogP contribution in [0, 0.1) is 6.92 Å². The Hall–Kier alpha value is -2.93. The fourth-order valence-electron chi connectivity index (χ4n) is 3.92. The maximum absolute atomic E-state index is 14.0. The molecule has 0 aromatic heterocycles. The fourth-order valence-corrected chi connectivity index (χ4v) is 4.53. The predicted molar refractivity (Wildman–Crippen MR) is 134 cm³/mol. The third-order valence-corrected chi connectivity index (χ3v) is 6.33. The number of amides is 1. The van der Waals surface area contributed by atoms with E-state index in [1.165, 1.54) is 12.0 Å². The van der Waals surface area contributed by atoms with E-state index in [4.69, 9.17) is 40.2 Å². The summed E-state index contributed by atoms with van der Waals surface area (Å²) >= 11 is 18.0. The Morgan fingerprint density at radius 1 is 1.03 bits per heavy atom. The van der Waals surface area contributed by atoms with Crippen LogP contribution in [0.2, 0.25) is 10.0 Å². The molecule has 8 heteroatoms. The molecule has 1 heterocycles. The molecule has 5 nitrogen and oxygen atoms in total. The molecule has 1 aliphatic heterocycles. The number of methoxy groups -OCH3 is 1. The summed E-state index contributed by atoms with van der Waals surface area (Å²) in [6.07, 6.45) is 0. The van der Waals surface area contributed by atoms with E-state index in [9.17, 15) is 9.59 Å². The lowest BCUT2D eigenvalue weighted by Gasteiger charge is -2.36. The molecule has 0 aliphatic carbocycles. The molecule has 0 radical (unpaired) electrons. The van der Waals surface area contributed by atoms with Gasteiger partial charge in [-0.3, -0.25) is 4.79 Å². The quantitative estimate of drug-likeness (QED) is 0.345. The molecular weight excluding hydrogens is 479 g/mol. The number of thiocarbonyl (C=S) groups is 1. The normalized spacial score (nSPS) is 16.5. The predicted octanol–water partition coefficient (Wildman–Crippen LogP) is 6.15. The van der Waals surface area contributed by atoms with Crippen LogP contribution in [0.5, 0.6) is 0 Å². The molecule has 1 N–H and O–H groups in total. The number of ether oxygens (including phenoxy) is 1. The molecule has 1 amide bonds. The number of nitrogens with zero attached hydrogens (tertiary/aromatic N) is 1. The fraction of sp³-hybridized carbons (Fsp3) is 0.160. The van der Waals surface area contributed by atoms with Gasteiger partial charge in [-0.1, -0.05) is 65.8 Å². The van der Waals surface area contributed by atoms with E-state index in [1.54, 1.807) is 54.6 Å². The van der Waals surface area contributed by atoms with Gasteiger partial charge in [-0.15, -0.1) is 0 Å². The first kappa shape index (κ1) is 23.2. The van der Waals surface area contributed by atoms with Crippen molar-refractivity contribution >= 4 is 58.0 Å². The Bertz CT molecular complexity index is 1230. The number of carbonyl (C=O) groups is 2. The lowest BCUT2D eigenvalue weighted by Crippen LogP contribution is -2.44. The molecule has 3 aromatic rings. The first-order valence-corrected chi connectivity index (χ1v) is 11.3. The van der Waals surface area contributed by atoms with Gasteiger partial charge in [-0.2, -0.15) is 0 Å². The van der Waals surface area contributed by atoms with E-state index in [2.05, 4.69) is 5.32 Å². The topological polar surface area (TPSA) is 58.6 Å². The van der Waals surface area contributed by atoms with Crippen LogP contribution in [0.3, 0.4) is 0 Å². The summed E-state index contributed by atoms with van der Waals surface area (Å²) in [7, 11) is 1.29. The van der Waals surface area contributed by atoms with Gasteiger partial charge in [0.1, 0.15) is 11.0 Å². The van der Waals surface area contributed by atoms with Crippen molar-refractivity contribution in [3.63, 3.8) is 0 Å². The zero-order valence-corrected chi connectivity index (χ0v) is 20.2. The SMILES string of the molecule is COC(=O)C(c1ccc(Cl)cc1)N1C(=O)c2ccc(C)cc2NC(=S)C1c1ccc(Cl)cc1. The second kappa shape index (κ2) is 9.51. The molecule has 0 saturated carbocycles. The van der Waals surface area contributed by atoms with Gasteiger partial charge >= 0.3 is 5.97 Å². The van der Waals surface area contributed by atoms with E-state index in [-0.39, 0.29) is 5.91 Å². The standard InChI is InChI=1S/C25H20Cl2N2O3S/c1-14-3-12-19-20(13-14)28-23(33)21(15-4-8-17(26)9-5-15)29(24(19)30)22(25(31)32-2)16-6-10-18(27)11-7-16/h3-13,21-22H,1-2H3,(H,28,33). The van der Waals surface area contributed by atoms with Crippen molar-refractivity contribution in [1.82, 2.24) is 4.90 Å². The van der Waals surface area contributed by atoms with Crippen LogP contribution in [0.4, 0.5) is 5.69 Å². The van der Waals surface area contributed by atoms with E-state index in [1.807, 2.05) is 19.1 Å². The molecule has 2 atom stereocenters. The number of esters is 1. The van der Waals surface area contributed by atoms with Gasteiger partial charge in [0.2, 0.25) is 0 Å². The number of carbonyl (C=O) groups excluding carboxylic acids is 2. The van der Waals surface area contributed by atoms with Crippen LogP contribution in [0.15, 0.2) is 66.7 Å². The van der Waals surface area contributed by atoms with Crippen molar-refractivity contribution in [2.75, 3.05) is 12.4 Å². The number of anilines is 1. The number of benzene rings is 3. The van der Waals surface area contributed by atoms with Crippen LogP contribution < -0.4 is 5.32 Å². The lowest BCUT2D eigenvalue weighted by molar-refractivity contribution is -0.146. The van der Waals surface area contributed by atoms with Crippen LogP contribution >= 0.6 is 35.4 Å². The van der Waals surface area contributed by atoms with Crippen molar-refractivity contribution in [3.05, 3.63) is 99.0 Å². The van der Waals surface area contributed by atoms with Gasteiger partial charge in [-0.05, 0) is 60.0 Å². The molecule has 2 unspecified atom stereocenters. The van der Waals surface area contributed by atoms with Gasteiger partial charge in [-0.25, -0.2) is 4.79 Å². The average Bonchev–Trinajstić information content (AvgIpc) is 2.89. The number of rotatable bonds is 4.